The molecule has 0 saturated carbocycles. The maximum absolute atomic E-state index is 5.27. The Hall–Kier alpha value is -1.29. The molecule has 1 aromatic rings. The van der Waals surface area contributed by atoms with Crippen molar-refractivity contribution in [3.05, 3.63) is 18.0 Å². The van der Waals surface area contributed by atoms with Crippen LogP contribution in [0.15, 0.2) is 12.3 Å². The molecule has 4 nitrogen and oxygen atoms in total. The number of aromatic nitrogens is 1. The van der Waals surface area contributed by atoms with Gasteiger partial charge in [-0.3, -0.25) is 4.98 Å². The van der Waals surface area contributed by atoms with E-state index in [0.29, 0.717) is 6.04 Å². The lowest BCUT2D eigenvalue weighted by molar-refractivity contribution is 0.414. The van der Waals surface area contributed by atoms with Gasteiger partial charge in [0.25, 0.3) is 0 Å². The molecule has 2 N–H and O–H groups in total. The van der Waals surface area contributed by atoms with Crippen molar-refractivity contribution in [1.82, 2.24) is 10.3 Å². The van der Waals surface area contributed by atoms with E-state index in [1.54, 1.807) is 13.3 Å². The highest BCUT2D eigenvalue weighted by atomic mass is 16.5. The third-order valence-corrected chi connectivity index (χ3v) is 2.64. The highest BCUT2D eigenvalue weighted by Gasteiger charge is 2.15. The molecule has 0 aliphatic carbocycles. The van der Waals surface area contributed by atoms with Crippen LogP contribution >= 0.6 is 0 Å². The van der Waals surface area contributed by atoms with Gasteiger partial charge < -0.3 is 15.4 Å². The molecule has 82 valence electrons. The lowest BCUT2D eigenvalue weighted by Gasteiger charge is -2.15. The summed E-state index contributed by atoms with van der Waals surface area (Å²) in [5.41, 5.74) is 2.04. The van der Waals surface area contributed by atoms with Crippen LogP contribution in [0.25, 0.3) is 0 Å². The second-order valence-electron chi connectivity index (χ2n) is 3.86. The molecule has 0 spiro atoms. The average molecular weight is 207 g/mol. The minimum atomic E-state index is 0.501. The largest absolute Gasteiger partial charge is 0.493 e. The zero-order chi connectivity index (χ0) is 10.7. The van der Waals surface area contributed by atoms with Crippen LogP contribution in [0.5, 0.6) is 5.75 Å². The van der Waals surface area contributed by atoms with Gasteiger partial charge in [0.2, 0.25) is 0 Å². The van der Waals surface area contributed by atoms with Gasteiger partial charge in [-0.25, -0.2) is 0 Å². The number of rotatable bonds is 3. The molecule has 0 aromatic carbocycles. The zero-order valence-corrected chi connectivity index (χ0v) is 9.21. The molecule has 1 saturated heterocycles. The minimum absolute atomic E-state index is 0.501. The number of pyridine rings is 1. The van der Waals surface area contributed by atoms with E-state index in [1.807, 2.05) is 13.0 Å². The van der Waals surface area contributed by atoms with Crippen molar-refractivity contribution >= 4 is 5.69 Å². The quantitative estimate of drug-likeness (QED) is 0.781. The first-order valence-corrected chi connectivity index (χ1v) is 5.27. The Bertz CT molecular complexity index is 335. The first-order valence-electron chi connectivity index (χ1n) is 5.27. The molecule has 0 radical (unpaired) electrons. The van der Waals surface area contributed by atoms with E-state index < -0.39 is 0 Å². The summed E-state index contributed by atoms with van der Waals surface area (Å²) in [6, 6.07) is 2.53. The topological polar surface area (TPSA) is 46.2 Å². The molecule has 4 heteroatoms. The predicted octanol–water partition coefficient (Wildman–Crippen LogP) is 1.17. The van der Waals surface area contributed by atoms with E-state index in [2.05, 4.69) is 15.6 Å². The molecule has 2 rings (SSSR count). The number of anilines is 1. The summed E-state index contributed by atoms with van der Waals surface area (Å²) >= 11 is 0. The van der Waals surface area contributed by atoms with Crippen LogP contribution in [0, 0.1) is 6.92 Å². The summed E-state index contributed by atoms with van der Waals surface area (Å²) < 4.78 is 5.27. The van der Waals surface area contributed by atoms with Gasteiger partial charge in [-0.2, -0.15) is 0 Å². The molecule has 2 heterocycles. The van der Waals surface area contributed by atoms with E-state index in [9.17, 15) is 0 Å². The normalized spacial score (nSPS) is 20.3. The molecular formula is C11H17N3O. The second kappa shape index (κ2) is 4.49. The van der Waals surface area contributed by atoms with Gasteiger partial charge in [0.15, 0.2) is 5.75 Å². The second-order valence-corrected chi connectivity index (χ2v) is 3.86. The summed E-state index contributed by atoms with van der Waals surface area (Å²) in [5.74, 6) is 0.813. The lowest BCUT2D eigenvalue weighted by Crippen LogP contribution is -2.22. The number of nitrogens with zero attached hydrogens (tertiary/aromatic N) is 1. The summed E-state index contributed by atoms with van der Waals surface area (Å²) in [5, 5.41) is 6.80. The number of aryl methyl sites for hydroxylation is 1. The number of methoxy groups -OCH3 is 1. The Morgan fingerprint density at radius 2 is 2.47 bits per heavy atom. The molecule has 1 aliphatic heterocycles. The Morgan fingerprint density at radius 1 is 1.60 bits per heavy atom. The van der Waals surface area contributed by atoms with Crippen molar-refractivity contribution in [3.8, 4) is 5.75 Å². The minimum Gasteiger partial charge on any atom is -0.493 e. The standard InChI is InChI=1S/C11H17N3O/c1-8-5-10(11(15-2)7-13-8)14-9-3-4-12-6-9/h5,7,9,12H,3-4,6H2,1-2H3,(H,13,14). The molecule has 1 aromatic heterocycles. The SMILES string of the molecule is COc1cnc(C)cc1NC1CCNC1. The Kier molecular flexibility index (Phi) is 3.06. The molecular weight excluding hydrogens is 190 g/mol. The van der Waals surface area contributed by atoms with Crippen molar-refractivity contribution in [2.24, 2.45) is 0 Å². The van der Waals surface area contributed by atoms with Crippen molar-refractivity contribution in [1.29, 1.82) is 0 Å². The van der Waals surface area contributed by atoms with Gasteiger partial charge in [-0.05, 0) is 26.0 Å². The van der Waals surface area contributed by atoms with E-state index in [0.717, 1.165) is 36.6 Å². The third-order valence-electron chi connectivity index (χ3n) is 2.64. The summed E-state index contributed by atoms with van der Waals surface area (Å²) in [6.45, 7) is 4.09. The lowest BCUT2D eigenvalue weighted by atomic mass is 10.2. The molecule has 1 atom stereocenters. The van der Waals surface area contributed by atoms with Gasteiger partial charge in [0, 0.05) is 18.3 Å². The van der Waals surface area contributed by atoms with Gasteiger partial charge in [0.1, 0.15) is 0 Å². The zero-order valence-electron chi connectivity index (χ0n) is 9.21. The predicted molar refractivity (Wildman–Crippen MR) is 60.4 cm³/mol. The molecule has 1 unspecified atom stereocenters. The van der Waals surface area contributed by atoms with Gasteiger partial charge >= 0.3 is 0 Å². The molecule has 1 fully saturated rings. The summed E-state index contributed by atoms with van der Waals surface area (Å²) in [4.78, 5) is 4.20. The van der Waals surface area contributed by atoms with Crippen LogP contribution in [0.1, 0.15) is 12.1 Å². The van der Waals surface area contributed by atoms with Crippen molar-refractivity contribution in [2.45, 2.75) is 19.4 Å². The third kappa shape index (κ3) is 2.39. The average Bonchev–Trinajstić information content (AvgIpc) is 2.71. The fraction of sp³-hybridized carbons (Fsp3) is 0.545. The highest BCUT2D eigenvalue weighted by Crippen LogP contribution is 2.24. The summed E-state index contributed by atoms with van der Waals surface area (Å²) in [6.07, 6.45) is 2.92. The first-order chi connectivity index (χ1) is 7.29. The van der Waals surface area contributed by atoms with E-state index in [-0.39, 0.29) is 0 Å². The number of hydrogen-bond acceptors (Lipinski definition) is 4. The maximum atomic E-state index is 5.27. The van der Waals surface area contributed by atoms with Crippen LogP contribution in [0.3, 0.4) is 0 Å². The van der Waals surface area contributed by atoms with Crippen LogP contribution in [-0.4, -0.2) is 31.2 Å². The molecule has 1 aliphatic rings. The first kappa shape index (κ1) is 10.2. The van der Waals surface area contributed by atoms with E-state index in [4.69, 9.17) is 4.74 Å². The van der Waals surface area contributed by atoms with E-state index in [1.165, 1.54) is 0 Å². The Labute approximate surface area is 90.0 Å². The van der Waals surface area contributed by atoms with Crippen LogP contribution in [0.2, 0.25) is 0 Å². The Balaban J connectivity index is 2.14. The molecule has 15 heavy (non-hydrogen) atoms. The monoisotopic (exact) mass is 207 g/mol. The molecule has 0 bridgehead atoms. The maximum Gasteiger partial charge on any atom is 0.160 e. The highest BCUT2D eigenvalue weighted by molar-refractivity contribution is 5.56. The number of nitrogens with one attached hydrogen (secondary N) is 2. The van der Waals surface area contributed by atoms with Gasteiger partial charge in [-0.1, -0.05) is 0 Å². The van der Waals surface area contributed by atoms with Crippen molar-refractivity contribution in [2.75, 3.05) is 25.5 Å². The van der Waals surface area contributed by atoms with Crippen LogP contribution in [0.4, 0.5) is 5.69 Å². The van der Waals surface area contributed by atoms with E-state index >= 15 is 0 Å². The fourth-order valence-electron chi connectivity index (χ4n) is 1.82. The molecule has 0 amide bonds. The van der Waals surface area contributed by atoms with Crippen molar-refractivity contribution in [3.63, 3.8) is 0 Å². The summed E-state index contributed by atoms with van der Waals surface area (Å²) in [7, 11) is 1.67. The number of ether oxygens (including phenoxy) is 1. The van der Waals surface area contributed by atoms with Gasteiger partial charge in [-0.15, -0.1) is 0 Å². The Morgan fingerprint density at radius 3 is 3.13 bits per heavy atom. The smallest absolute Gasteiger partial charge is 0.160 e. The van der Waals surface area contributed by atoms with Gasteiger partial charge in [0.05, 0.1) is 19.0 Å². The van der Waals surface area contributed by atoms with Crippen LogP contribution < -0.4 is 15.4 Å². The fourth-order valence-corrected chi connectivity index (χ4v) is 1.82. The van der Waals surface area contributed by atoms with Crippen molar-refractivity contribution < 1.29 is 4.74 Å². The number of hydrogen-bond donors (Lipinski definition) is 2. The van der Waals surface area contributed by atoms with Crippen LogP contribution in [-0.2, 0) is 0 Å².